The van der Waals surface area contributed by atoms with Crippen LogP contribution < -0.4 is 10.1 Å². The van der Waals surface area contributed by atoms with E-state index in [0.29, 0.717) is 5.02 Å². The molecule has 0 fully saturated rings. The van der Waals surface area contributed by atoms with E-state index in [1.54, 1.807) is 0 Å². The van der Waals surface area contributed by atoms with Crippen LogP contribution in [-0.2, 0) is 0 Å². The Labute approximate surface area is 112 Å². The molecule has 0 spiro atoms. The molecule has 2 aromatic carbocycles. The number of hydrogen-bond donors (Lipinski definition) is 1. The molecular weight excluding hydrogens is 246 g/mol. The topological polar surface area (TPSA) is 21.3 Å². The Hall–Kier alpha value is -1.67. The SMILES string of the molecule is Cc1ccc(C2CNc3cccc(Cl)c3O2)cc1. The summed E-state index contributed by atoms with van der Waals surface area (Å²) in [6.45, 7) is 2.84. The Morgan fingerprint density at radius 2 is 1.94 bits per heavy atom. The average Bonchev–Trinajstić information content (AvgIpc) is 2.40. The van der Waals surface area contributed by atoms with E-state index in [0.717, 1.165) is 18.0 Å². The number of hydrogen-bond acceptors (Lipinski definition) is 2. The monoisotopic (exact) mass is 259 g/mol. The van der Waals surface area contributed by atoms with Crippen LogP contribution in [0.3, 0.4) is 0 Å². The molecule has 1 atom stereocenters. The van der Waals surface area contributed by atoms with Crippen molar-refractivity contribution >= 4 is 17.3 Å². The smallest absolute Gasteiger partial charge is 0.161 e. The second-order valence-electron chi connectivity index (χ2n) is 4.51. The summed E-state index contributed by atoms with van der Waals surface area (Å²) in [7, 11) is 0. The van der Waals surface area contributed by atoms with Crippen LogP contribution in [0.5, 0.6) is 5.75 Å². The van der Waals surface area contributed by atoms with Crippen LogP contribution >= 0.6 is 11.6 Å². The molecule has 2 aromatic rings. The fourth-order valence-electron chi connectivity index (χ4n) is 2.12. The first kappa shape index (κ1) is 11.4. The predicted octanol–water partition coefficient (Wildman–Crippen LogP) is 4.19. The lowest BCUT2D eigenvalue weighted by Gasteiger charge is -2.28. The zero-order valence-electron chi connectivity index (χ0n) is 10.1. The van der Waals surface area contributed by atoms with E-state index in [2.05, 4.69) is 36.5 Å². The second-order valence-corrected chi connectivity index (χ2v) is 4.92. The summed E-state index contributed by atoms with van der Waals surface area (Å²) < 4.78 is 5.99. The molecule has 2 nitrogen and oxygen atoms in total. The first-order chi connectivity index (χ1) is 8.74. The van der Waals surface area contributed by atoms with Gasteiger partial charge in [0, 0.05) is 0 Å². The van der Waals surface area contributed by atoms with Crippen molar-refractivity contribution in [2.24, 2.45) is 0 Å². The van der Waals surface area contributed by atoms with Crippen molar-refractivity contribution in [2.45, 2.75) is 13.0 Å². The normalized spacial score (nSPS) is 17.6. The lowest BCUT2D eigenvalue weighted by Crippen LogP contribution is -2.23. The average molecular weight is 260 g/mol. The highest BCUT2D eigenvalue weighted by Crippen LogP contribution is 2.39. The van der Waals surface area contributed by atoms with Gasteiger partial charge in [0.2, 0.25) is 0 Å². The molecular formula is C15H14ClNO. The Bertz CT molecular complexity index is 565. The van der Waals surface area contributed by atoms with Gasteiger partial charge in [0.1, 0.15) is 6.10 Å². The largest absolute Gasteiger partial charge is 0.480 e. The van der Waals surface area contributed by atoms with Crippen molar-refractivity contribution in [1.82, 2.24) is 0 Å². The number of nitrogens with one attached hydrogen (secondary N) is 1. The van der Waals surface area contributed by atoms with Gasteiger partial charge in [0.05, 0.1) is 17.3 Å². The highest BCUT2D eigenvalue weighted by Gasteiger charge is 2.22. The summed E-state index contributed by atoms with van der Waals surface area (Å²) in [5, 5.41) is 4.01. The van der Waals surface area contributed by atoms with Crippen molar-refractivity contribution in [3.63, 3.8) is 0 Å². The second kappa shape index (κ2) is 4.54. The predicted molar refractivity (Wildman–Crippen MR) is 74.5 cm³/mol. The number of benzene rings is 2. The van der Waals surface area contributed by atoms with Crippen LogP contribution in [0.4, 0.5) is 5.69 Å². The summed E-state index contributed by atoms with van der Waals surface area (Å²) in [5.41, 5.74) is 3.38. The van der Waals surface area contributed by atoms with Crippen molar-refractivity contribution in [1.29, 1.82) is 0 Å². The van der Waals surface area contributed by atoms with E-state index in [-0.39, 0.29) is 6.10 Å². The van der Waals surface area contributed by atoms with Crippen molar-refractivity contribution in [2.75, 3.05) is 11.9 Å². The molecule has 3 heteroatoms. The Morgan fingerprint density at radius 3 is 2.72 bits per heavy atom. The van der Waals surface area contributed by atoms with E-state index in [9.17, 15) is 0 Å². The van der Waals surface area contributed by atoms with E-state index in [4.69, 9.17) is 16.3 Å². The molecule has 3 rings (SSSR count). The summed E-state index contributed by atoms with van der Waals surface area (Å²) in [6, 6.07) is 14.1. The van der Waals surface area contributed by atoms with E-state index < -0.39 is 0 Å². The van der Waals surface area contributed by atoms with Gasteiger partial charge in [0.15, 0.2) is 5.75 Å². The van der Waals surface area contributed by atoms with Gasteiger partial charge in [0.25, 0.3) is 0 Å². The molecule has 0 aliphatic carbocycles. The summed E-state index contributed by atoms with van der Waals surface area (Å²) >= 11 is 6.16. The molecule has 0 bridgehead atoms. The Balaban J connectivity index is 1.90. The lowest BCUT2D eigenvalue weighted by atomic mass is 10.1. The minimum absolute atomic E-state index is 0.0120. The van der Waals surface area contributed by atoms with Crippen LogP contribution in [0, 0.1) is 6.92 Å². The van der Waals surface area contributed by atoms with E-state index in [1.807, 2.05) is 18.2 Å². The van der Waals surface area contributed by atoms with Crippen LogP contribution in [0.2, 0.25) is 5.02 Å². The number of ether oxygens (including phenoxy) is 1. The molecule has 92 valence electrons. The zero-order valence-corrected chi connectivity index (χ0v) is 10.9. The van der Waals surface area contributed by atoms with E-state index in [1.165, 1.54) is 11.1 Å². The summed E-state index contributed by atoms with van der Waals surface area (Å²) in [6.07, 6.45) is 0.0120. The van der Waals surface area contributed by atoms with Crippen molar-refractivity contribution < 1.29 is 4.74 Å². The van der Waals surface area contributed by atoms with Crippen molar-refractivity contribution in [3.05, 3.63) is 58.6 Å². The molecule has 0 aromatic heterocycles. The zero-order chi connectivity index (χ0) is 12.5. The van der Waals surface area contributed by atoms with Crippen LogP contribution in [0.15, 0.2) is 42.5 Å². The molecule has 1 N–H and O–H groups in total. The van der Waals surface area contributed by atoms with Gasteiger partial charge in [-0.15, -0.1) is 0 Å². The van der Waals surface area contributed by atoms with Crippen molar-refractivity contribution in [3.8, 4) is 5.75 Å². The third-order valence-electron chi connectivity index (χ3n) is 3.15. The van der Waals surface area contributed by atoms with Gasteiger partial charge >= 0.3 is 0 Å². The first-order valence-electron chi connectivity index (χ1n) is 5.99. The van der Waals surface area contributed by atoms with Gasteiger partial charge in [-0.1, -0.05) is 47.5 Å². The minimum atomic E-state index is 0.0120. The molecule has 1 heterocycles. The Kier molecular flexibility index (Phi) is 2.88. The number of aryl methyl sites for hydroxylation is 1. The molecule has 0 saturated carbocycles. The van der Waals surface area contributed by atoms with Gasteiger partial charge < -0.3 is 10.1 Å². The number of fused-ring (bicyclic) bond motifs is 1. The summed E-state index contributed by atoms with van der Waals surface area (Å²) in [4.78, 5) is 0. The maximum Gasteiger partial charge on any atom is 0.161 e. The van der Waals surface area contributed by atoms with E-state index >= 15 is 0 Å². The summed E-state index contributed by atoms with van der Waals surface area (Å²) in [5.74, 6) is 0.746. The maximum atomic E-state index is 6.16. The minimum Gasteiger partial charge on any atom is -0.480 e. The highest BCUT2D eigenvalue weighted by atomic mass is 35.5. The highest BCUT2D eigenvalue weighted by molar-refractivity contribution is 6.32. The van der Waals surface area contributed by atoms with Gasteiger partial charge in [-0.05, 0) is 24.6 Å². The third-order valence-corrected chi connectivity index (χ3v) is 3.45. The van der Waals surface area contributed by atoms with Gasteiger partial charge in [-0.3, -0.25) is 0 Å². The standard InChI is InChI=1S/C15H14ClNO/c1-10-5-7-11(8-6-10)14-9-17-13-4-2-3-12(16)15(13)18-14/h2-8,14,17H,9H2,1H3. The molecule has 18 heavy (non-hydrogen) atoms. The van der Waals surface area contributed by atoms with Gasteiger partial charge in [-0.2, -0.15) is 0 Å². The van der Waals surface area contributed by atoms with Crippen LogP contribution in [0.25, 0.3) is 0 Å². The molecule has 0 amide bonds. The molecule has 1 aliphatic heterocycles. The lowest BCUT2D eigenvalue weighted by molar-refractivity contribution is 0.210. The number of anilines is 1. The van der Waals surface area contributed by atoms with Crippen LogP contribution in [0.1, 0.15) is 17.2 Å². The first-order valence-corrected chi connectivity index (χ1v) is 6.37. The number of halogens is 1. The number of rotatable bonds is 1. The Morgan fingerprint density at radius 1 is 1.17 bits per heavy atom. The number of para-hydroxylation sites is 1. The third kappa shape index (κ3) is 2.04. The van der Waals surface area contributed by atoms with Gasteiger partial charge in [-0.25, -0.2) is 0 Å². The molecule has 1 aliphatic rings. The molecule has 0 radical (unpaired) electrons. The quantitative estimate of drug-likeness (QED) is 0.829. The fraction of sp³-hybridized carbons (Fsp3) is 0.200. The molecule has 0 saturated heterocycles. The fourth-order valence-corrected chi connectivity index (χ4v) is 2.34. The van der Waals surface area contributed by atoms with Crippen LogP contribution in [-0.4, -0.2) is 6.54 Å². The molecule has 1 unspecified atom stereocenters. The maximum absolute atomic E-state index is 6.16.